The molecule has 1 aromatic heterocycles. The number of halogens is 1. The average molecular weight is 357 g/mol. The van der Waals surface area contributed by atoms with Crippen LogP contribution in [0.5, 0.6) is 0 Å². The Balaban J connectivity index is 1.50. The number of anilines is 2. The molecule has 2 aromatic rings. The lowest BCUT2D eigenvalue weighted by atomic mass is 10.2. The predicted octanol–water partition coefficient (Wildman–Crippen LogP) is 1.76. The molecule has 128 valence electrons. The van der Waals surface area contributed by atoms with Gasteiger partial charge in [0.2, 0.25) is 11.9 Å². The van der Waals surface area contributed by atoms with Crippen LogP contribution in [-0.2, 0) is 4.79 Å². The molecule has 1 aliphatic heterocycles. The monoisotopic (exact) mass is 356 g/mol. The fourth-order valence-electron chi connectivity index (χ4n) is 2.65. The average Bonchev–Trinajstić information content (AvgIpc) is 2.63. The summed E-state index contributed by atoms with van der Waals surface area (Å²) >= 11 is 5.98. The van der Waals surface area contributed by atoms with E-state index in [4.69, 9.17) is 16.9 Å². The molecule has 8 heteroatoms. The summed E-state index contributed by atoms with van der Waals surface area (Å²) in [7, 11) is 0. The van der Waals surface area contributed by atoms with Gasteiger partial charge in [-0.05, 0) is 24.3 Å². The van der Waals surface area contributed by atoms with Crippen molar-refractivity contribution in [2.45, 2.75) is 0 Å². The largest absolute Gasteiger partial charge is 0.338 e. The SMILES string of the molecule is N#Cc1ccc(NC(=O)CN2CCN(c3ncccn3)CC2)cc1Cl. The summed E-state index contributed by atoms with van der Waals surface area (Å²) in [6.07, 6.45) is 3.45. The summed E-state index contributed by atoms with van der Waals surface area (Å²) in [5.41, 5.74) is 0.976. The second-order valence-electron chi connectivity index (χ2n) is 5.67. The highest BCUT2D eigenvalue weighted by Crippen LogP contribution is 2.20. The maximum Gasteiger partial charge on any atom is 0.238 e. The minimum absolute atomic E-state index is 0.106. The van der Waals surface area contributed by atoms with E-state index in [0.717, 1.165) is 32.1 Å². The van der Waals surface area contributed by atoms with Crippen LogP contribution in [0.3, 0.4) is 0 Å². The molecular weight excluding hydrogens is 340 g/mol. The number of carbonyl (C=O) groups excluding carboxylic acids is 1. The minimum Gasteiger partial charge on any atom is -0.338 e. The van der Waals surface area contributed by atoms with E-state index in [2.05, 4.69) is 25.1 Å². The fraction of sp³-hybridized carbons (Fsp3) is 0.294. The molecule has 1 N–H and O–H groups in total. The first kappa shape index (κ1) is 17.1. The predicted molar refractivity (Wildman–Crippen MR) is 95.5 cm³/mol. The van der Waals surface area contributed by atoms with Gasteiger partial charge in [0.15, 0.2) is 0 Å². The van der Waals surface area contributed by atoms with Crippen LogP contribution in [0.15, 0.2) is 36.7 Å². The van der Waals surface area contributed by atoms with Gasteiger partial charge in [0, 0.05) is 44.3 Å². The zero-order valence-electron chi connectivity index (χ0n) is 13.5. The van der Waals surface area contributed by atoms with Crippen molar-refractivity contribution >= 4 is 29.1 Å². The highest BCUT2D eigenvalue weighted by molar-refractivity contribution is 6.32. The van der Waals surface area contributed by atoms with Gasteiger partial charge in [0.1, 0.15) is 6.07 Å². The minimum atomic E-state index is -0.106. The smallest absolute Gasteiger partial charge is 0.238 e. The summed E-state index contributed by atoms with van der Waals surface area (Å²) in [5, 5.41) is 12.0. The molecule has 0 unspecified atom stereocenters. The Bertz CT molecular complexity index is 783. The van der Waals surface area contributed by atoms with Gasteiger partial charge in [-0.2, -0.15) is 5.26 Å². The molecule has 7 nitrogen and oxygen atoms in total. The molecule has 0 radical (unpaired) electrons. The molecule has 2 heterocycles. The summed E-state index contributed by atoms with van der Waals surface area (Å²) in [5.74, 6) is 0.615. The van der Waals surface area contributed by atoms with Crippen molar-refractivity contribution in [2.75, 3.05) is 42.9 Å². The number of hydrogen-bond donors (Lipinski definition) is 1. The third-order valence-electron chi connectivity index (χ3n) is 3.95. The molecule has 0 spiro atoms. The first-order valence-corrected chi connectivity index (χ1v) is 8.27. The number of aromatic nitrogens is 2. The van der Waals surface area contributed by atoms with Crippen molar-refractivity contribution in [1.82, 2.24) is 14.9 Å². The van der Waals surface area contributed by atoms with E-state index >= 15 is 0 Å². The Morgan fingerprint density at radius 1 is 1.24 bits per heavy atom. The molecule has 0 saturated carbocycles. The number of carbonyl (C=O) groups is 1. The Morgan fingerprint density at radius 2 is 1.96 bits per heavy atom. The van der Waals surface area contributed by atoms with E-state index in [1.165, 1.54) is 0 Å². The number of nitriles is 1. The summed E-state index contributed by atoms with van der Waals surface area (Å²) in [6.45, 7) is 3.39. The van der Waals surface area contributed by atoms with Gasteiger partial charge in [-0.15, -0.1) is 0 Å². The Hall–Kier alpha value is -2.69. The van der Waals surface area contributed by atoms with E-state index in [1.807, 2.05) is 6.07 Å². The van der Waals surface area contributed by atoms with Crippen molar-refractivity contribution in [3.05, 3.63) is 47.2 Å². The maximum atomic E-state index is 12.2. The first-order chi connectivity index (χ1) is 12.2. The number of rotatable bonds is 4. The molecule has 1 fully saturated rings. The quantitative estimate of drug-likeness (QED) is 0.898. The Morgan fingerprint density at radius 3 is 2.60 bits per heavy atom. The third kappa shape index (κ3) is 4.44. The van der Waals surface area contributed by atoms with E-state index in [1.54, 1.807) is 36.7 Å². The molecule has 1 aromatic carbocycles. The van der Waals surface area contributed by atoms with Crippen LogP contribution in [0.2, 0.25) is 5.02 Å². The van der Waals surface area contributed by atoms with E-state index < -0.39 is 0 Å². The molecular formula is C17H17ClN6O. The molecule has 0 bridgehead atoms. The van der Waals surface area contributed by atoms with Crippen LogP contribution in [0.4, 0.5) is 11.6 Å². The van der Waals surface area contributed by atoms with Crippen LogP contribution in [0, 0.1) is 11.3 Å². The van der Waals surface area contributed by atoms with Crippen LogP contribution >= 0.6 is 11.6 Å². The number of hydrogen-bond acceptors (Lipinski definition) is 6. The molecule has 0 aliphatic carbocycles. The van der Waals surface area contributed by atoms with E-state index in [0.29, 0.717) is 22.8 Å². The molecule has 3 rings (SSSR count). The normalized spacial score (nSPS) is 14.8. The number of benzene rings is 1. The van der Waals surface area contributed by atoms with Crippen LogP contribution in [0.25, 0.3) is 0 Å². The van der Waals surface area contributed by atoms with Gasteiger partial charge in [0.25, 0.3) is 0 Å². The summed E-state index contributed by atoms with van der Waals surface area (Å²) in [6, 6.07) is 8.64. The van der Waals surface area contributed by atoms with Crippen molar-refractivity contribution < 1.29 is 4.79 Å². The van der Waals surface area contributed by atoms with Crippen LogP contribution in [-0.4, -0.2) is 53.5 Å². The standard InChI is InChI=1S/C17H17ClN6O/c18-15-10-14(3-2-13(15)11-19)22-16(25)12-23-6-8-24(9-7-23)17-20-4-1-5-21-17/h1-5,10H,6-9,12H2,(H,22,25). The molecule has 1 aliphatic rings. The highest BCUT2D eigenvalue weighted by Gasteiger charge is 2.20. The van der Waals surface area contributed by atoms with Gasteiger partial charge >= 0.3 is 0 Å². The van der Waals surface area contributed by atoms with Gasteiger partial charge < -0.3 is 10.2 Å². The maximum absolute atomic E-state index is 12.2. The van der Waals surface area contributed by atoms with Crippen molar-refractivity contribution in [3.8, 4) is 6.07 Å². The lowest BCUT2D eigenvalue weighted by Gasteiger charge is -2.34. The number of nitrogens with zero attached hydrogens (tertiary/aromatic N) is 5. The number of nitrogens with one attached hydrogen (secondary N) is 1. The van der Waals surface area contributed by atoms with Crippen molar-refractivity contribution in [1.29, 1.82) is 5.26 Å². The first-order valence-electron chi connectivity index (χ1n) is 7.89. The molecule has 0 atom stereocenters. The zero-order chi connectivity index (χ0) is 17.6. The Kier molecular flexibility index (Phi) is 5.43. The van der Waals surface area contributed by atoms with E-state index in [9.17, 15) is 4.79 Å². The Labute approximate surface area is 150 Å². The third-order valence-corrected chi connectivity index (χ3v) is 4.26. The van der Waals surface area contributed by atoms with Gasteiger partial charge in [-0.1, -0.05) is 11.6 Å². The summed E-state index contributed by atoms with van der Waals surface area (Å²) in [4.78, 5) is 24.9. The van der Waals surface area contributed by atoms with Crippen LogP contribution < -0.4 is 10.2 Å². The molecule has 1 amide bonds. The van der Waals surface area contributed by atoms with E-state index in [-0.39, 0.29) is 5.91 Å². The van der Waals surface area contributed by atoms with Gasteiger partial charge in [-0.3, -0.25) is 9.69 Å². The topological polar surface area (TPSA) is 85.2 Å². The van der Waals surface area contributed by atoms with Crippen molar-refractivity contribution in [2.24, 2.45) is 0 Å². The van der Waals surface area contributed by atoms with Crippen LogP contribution in [0.1, 0.15) is 5.56 Å². The number of amides is 1. The van der Waals surface area contributed by atoms with Crippen molar-refractivity contribution in [3.63, 3.8) is 0 Å². The lowest BCUT2D eigenvalue weighted by molar-refractivity contribution is -0.117. The fourth-order valence-corrected chi connectivity index (χ4v) is 2.87. The second-order valence-corrected chi connectivity index (χ2v) is 6.07. The molecule has 1 saturated heterocycles. The number of piperazine rings is 1. The molecule has 25 heavy (non-hydrogen) atoms. The highest BCUT2D eigenvalue weighted by atomic mass is 35.5. The second kappa shape index (κ2) is 7.92. The van der Waals surface area contributed by atoms with Gasteiger partial charge in [-0.25, -0.2) is 9.97 Å². The zero-order valence-corrected chi connectivity index (χ0v) is 14.3. The van der Waals surface area contributed by atoms with Gasteiger partial charge in [0.05, 0.1) is 17.1 Å². The lowest BCUT2D eigenvalue weighted by Crippen LogP contribution is -2.49. The summed E-state index contributed by atoms with van der Waals surface area (Å²) < 4.78 is 0.